The second-order valence-corrected chi connectivity index (χ2v) is 7.14. The average Bonchev–Trinajstić information content (AvgIpc) is 3.00. The fourth-order valence-corrected chi connectivity index (χ4v) is 3.58. The molecular weight excluding hydrogens is 360 g/mol. The molecule has 8 heteroatoms. The van der Waals surface area contributed by atoms with Crippen molar-refractivity contribution in [1.82, 2.24) is 4.98 Å². The molecule has 25 heavy (non-hydrogen) atoms. The third kappa shape index (κ3) is 6.32. The number of hydrogen-bond acceptors (Lipinski definition) is 7. The Morgan fingerprint density at radius 3 is 2.84 bits per heavy atom. The van der Waals surface area contributed by atoms with E-state index in [-0.39, 0.29) is 29.8 Å². The van der Waals surface area contributed by atoms with E-state index in [4.69, 9.17) is 4.74 Å². The monoisotopic (exact) mass is 378 g/mol. The number of rotatable bonds is 8. The van der Waals surface area contributed by atoms with Crippen LogP contribution in [0.2, 0.25) is 0 Å². The predicted octanol–water partition coefficient (Wildman–Crippen LogP) is 3.18. The summed E-state index contributed by atoms with van der Waals surface area (Å²) in [4.78, 5) is 39.1. The summed E-state index contributed by atoms with van der Waals surface area (Å²) in [5.74, 6) is -0.362. The Bertz CT molecular complexity index is 774. The number of ketones is 1. The van der Waals surface area contributed by atoms with Crippen LogP contribution in [0, 0.1) is 0 Å². The minimum atomic E-state index is -0.313. The van der Waals surface area contributed by atoms with Gasteiger partial charge in [-0.05, 0) is 26.0 Å². The molecule has 1 N–H and O–H groups in total. The van der Waals surface area contributed by atoms with E-state index in [0.29, 0.717) is 27.9 Å². The van der Waals surface area contributed by atoms with Crippen LogP contribution in [-0.2, 0) is 20.7 Å². The minimum absolute atomic E-state index is 0.0533. The number of nitrogens with one attached hydrogen (secondary N) is 1. The first-order valence-corrected chi connectivity index (χ1v) is 9.48. The van der Waals surface area contributed by atoms with Gasteiger partial charge in [0.05, 0.1) is 24.5 Å². The lowest BCUT2D eigenvalue weighted by molar-refractivity contribution is -0.142. The summed E-state index contributed by atoms with van der Waals surface area (Å²) in [5, 5.41) is 4.54. The van der Waals surface area contributed by atoms with E-state index in [1.165, 1.54) is 30.0 Å². The van der Waals surface area contributed by atoms with E-state index >= 15 is 0 Å². The molecular formula is C17H18N2O4S2. The summed E-state index contributed by atoms with van der Waals surface area (Å²) in [6, 6.07) is 6.80. The van der Waals surface area contributed by atoms with Crippen LogP contribution in [0.5, 0.6) is 0 Å². The van der Waals surface area contributed by atoms with E-state index in [1.54, 1.807) is 36.6 Å². The number of anilines is 1. The van der Waals surface area contributed by atoms with Gasteiger partial charge in [-0.25, -0.2) is 4.98 Å². The van der Waals surface area contributed by atoms with Gasteiger partial charge in [0.15, 0.2) is 10.1 Å². The average molecular weight is 378 g/mol. The molecule has 0 fully saturated rings. The maximum absolute atomic E-state index is 12.0. The molecule has 0 atom stereocenters. The molecule has 132 valence electrons. The predicted molar refractivity (Wildman–Crippen MR) is 98.3 cm³/mol. The molecule has 0 unspecified atom stereocenters. The van der Waals surface area contributed by atoms with Crippen LogP contribution in [0.3, 0.4) is 0 Å². The van der Waals surface area contributed by atoms with Crippen molar-refractivity contribution >= 4 is 46.4 Å². The molecule has 0 saturated carbocycles. The van der Waals surface area contributed by atoms with Crippen LogP contribution in [0.4, 0.5) is 5.69 Å². The molecule has 0 radical (unpaired) electrons. The lowest BCUT2D eigenvalue weighted by Crippen LogP contribution is -2.14. The number of carbonyl (C=O) groups is 3. The van der Waals surface area contributed by atoms with Crippen LogP contribution >= 0.6 is 23.1 Å². The maximum atomic E-state index is 12.0. The smallest absolute Gasteiger partial charge is 0.311 e. The molecule has 0 bridgehead atoms. The number of benzene rings is 1. The number of thiazole rings is 1. The lowest BCUT2D eigenvalue weighted by atomic mass is 10.1. The molecule has 1 heterocycles. The molecule has 1 aromatic heterocycles. The van der Waals surface area contributed by atoms with Gasteiger partial charge in [0.2, 0.25) is 5.91 Å². The van der Waals surface area contributed by atoms with Gasteiger partial charge in [-0.1, -0.05) is 23.9 Å². The fraction of sp³-hybridized carbons (Fsp3) is 0.294. The van der Waals surface area contributed by atoms with E-state index in [2.05, 4.69) is 10.3 Å². The highest BCUT2D eigenvalue weighted by atomic mass is 32.2. The number of carbonyl (C=O) groups excluding carboxylic acids is 3. The first-order chi connectivity index (χ1) is 12.0. The third-order valence-electron chi connectivity index (χ3n) is 3.04. The van der Waals surface area contributed by atoms with Crippen molar-refractivity contribution in [3.63, 3.8) is 0 Å². The fourth-order valence-electron chi connectivity index (χ4n) is 1.94. The van der Waals surface area contributed by atoms with E-state index in [0.717, 1.165) is 0 Å². The van der Waals surface area contributed by atoms with Crippen molar-refractivity contribution < 1.29 is 19.1 Å². The van der Waals surface area contributed by atoms with E-state index in [9.17, 15) is 14.4 Å². The van der Waals surface area contributed by atoms with Crippen molar-refractivity contribution in [2.24, 2.45) is 0 Å². The van der Waals surface area contributed by atoms with Gasteiger partial charge < -0.3 is 10.1 Å². The molecule has 0 aliphatic heterocycles. The number of Topliss-reactive ketones (excluding diaryl/α,β-unsaturated/α-hetero) is 1. The van der Waals surface area contributed by atoms with Crippen molar-refractivity contribution in [2.45, 2.75) is 24.6 Å². The van der Waals surface area contributed by atoms with E-state index in [1.807, 2.05) is 0 Å². The Labute approximate surface area is 154 Å². The summed E-state index contributed by atoms with van der Waals surface area (Å²) in [6.45, 7) is 3.58. The van der Waals surface area contributed by atoms with Gasteiger partial charge in [0, 0.05) is 16.6 Å². The molecule has 0 saturated heterocycles. The Hall–Kier alpha value is -2.19. The molecule has 2 aromatic rings. The normalized spacial score (nSPS) is 10.3. The Kier molecular flexibility index (Phi) is 7.15. The molecule has 0 aliphatic carbocycles. The van der Waals surface area contributed by atoms with E-state index < -0.39 is 0 Å². The Balaban J connectivity index is 1.84. The first-order valence-electron chi connectivity index (χ1n) is 7.61. The van der Waals surface area contributed by atoms with Gasteiger partial charge in [0.25, 0.3) is 0 Å². The molecule has 0 aliphatic rings. The number of aromatic nitrogens is 1. The minimum Gasteiger partial charge on any atom is -0.466 e. The zero-order chi connectivity index (χ0) is 18.2. The van der Waals surface area contributed by atoms with Gasteiger partial charge in [0.1, 0.15) is 0 Å². The third-order valence-corrected chi connectivity index (χ3v) is 5.11. The Morgan fingerprint density at radius 2 is 2.12 bits per heavy atom. The highest BCUT2D eigenvalue weighted by molar-refractivity contribution is 8.01. The summed E-state index contributed by atoms with van der Waals surface area (Å²) < 4.78 is 5.59. The molecule has 2 rings (SSSR count). The van der Waals surface area contributed by atoms with Gasteiger partial charge in [-0.3, -0.25) is 14.4 Å². The zero-order valence-electron chi connectivity index (χ0n) is 13.9. The summed E-state index contributed by atoms with van der Waals surface area (Å²) in [7, 11) is 0. The van der Waals surface area contributed by atoms with Crippen LogP contribution in [0.25, 0.3) is 0 Å². The number of thioether (sulfide) groups is 1. The van der Waals surface area contributed by atoms with Crippen molar-refractivity contribution in [1.29, 1.82) is 0 Å². The largest absolute Gasteiger partial charge is 0.466 e. The molecule has 1 amide bonds. The second-order valence-electron chi connectivity index (χ2n) is 5.06. The summed E-state index contributed by atoms with van der Waals surface area (Å²) >= 11 is 2.68. The first kappa shape index (κ1) is 19.1. The molecule has 6 nitrogen and oxygen atoms in total. The topological polar surface area (TPSA) is 85.4 Å². The number of ether oxygens (including phenoxy) is 1. The van der Waals surface area contributed by atoms with Crippen molar-refractivity contribution in [3.8, 4) is 0 Å². The SMILES string of the molecule is CCOC(=O)Cc1csc(SCC(=O)Nc2cccc(C(C)=O)c2)n1. The molecule has 0 spiro atoms. The van der Waals surface area contributed by atoms with Crippen molar-refractivity contribution in [3.05, 3.63) is 40.9 Å². The maximum Gasteiger partial charge on any atom is 0.311 e. The van der Waals surface area contributed by atoms with Gasteiger partial charge >= 0.3 is 5.97 Å². The van der Waals surface area contributed by atoms with Crippen LogP contribution < -0.4 is 5.32 Å². The van der Waals surface area contributed by atoms with Crippen LogP contribution in [0.1, 0.15) is 29.9 Å². The summed E-state index contributed by atoms with van der Waals surface area (Å²) in [6.07, 6.45) is 0.134. The number of esters is 1. The lowest BCUT2D eigenvalue weighted by Gasteiger charge is -2.05. The standard InChI is InChI=1S/C17H18N2O4S2/c1-3-23-16(22)8-14-9-24-17(19-14)25-10-15(21)18-13-6-4-5-12(7-13)11(2)20/h4-7,9H,3,8,10H2,1-2H3,(H,18,21). The molecule has 1 aromatic carbocycles. The van der Waals surface area contributed by atoms with Gasteiger partial charge in [-0.2, -0.15) is 0 Å². The summed E-state index contributed by atoms with van der Waals surface area (Å²) in [5.41, 5.74) is 1.77. The quantitative estimate of drug-likeness (QED) is 0.431. The number of amides is 1. The van der Waals surface area contributed by atoms with Crippen molar-refractivity contribution in [2.75, 3.05) is 17.7 Å². The number of hydrogen-bond donors (Lipinski definition) is 1. The Morgan fingerprint density at radius 1 is 1.32 bits per heavy atom. The highest BCUT2D eigenvalue weighted by Gasteiger charge is 2.11. The second kappa shape index (κ2) is 9.33. The van der Waals surface area contributed by atoms with Crippen LogP contribution in [-0.4, -0.2) is 35.0 Å². The van der Waals surface area contributed by atoms with Gasteiger partial charge in [-0.15, -0.1) is 11.3 Å². The van der Waals surface area contributed by atoms with Crippen LogP contribution in [0.15, 0.2) is 34.0 Å². The number of nitrogens with zero attached hydrogens (tertiary/aromatic N) is 1. The highest BCUT2D eigenvalue weighted by Crippen LogP contribution is 2.23. The zero-order valence-corrected chi connectivity index (χ0v) is 15.5.